The minimum absolute atomic E-state index is 0.176. The molecular formula is C24H26O7. The maximum Gasteiger partial charge on any atom is 0.126 e. The van der Waals surface area contributed by atoms with Gasteiger partial charge >= 0.3 is 0 Å². The van der Waals surface area contributed by atoms with Gasteiger partial charge in [0.1, 0.15) is 42.0 Å². The van der Waals surface area contributed by atoms with E-state index in [1.807, 2.05) is 30.3 Å². The fraction of sp³-hybridized carbons (Fsp3) is 0.333. The van der Waals surface area contributed by atoms with Crippen molar-refractivity contribution in [3.63, 3.8) is 0 Å². The molecule has 7 nitrogen and oxygen atoms in total. The van der Waals surface area contributed by atoms with E-state index in [9.17, 15) is 25.5 Å². The predicted octanol–water partition coefficient (Wildman–Crippen LogP) is 1.61. The van der Waals surface area contributed by atoms with Crippen LogP contribution in [0.5, 0.6) is 11.5 Å². The molecule has 0 saturated carbocycles. The lowest BCUT2D eigenvalue weighted by molar-refractivity contribution is -0.232. The van der Waals surface area contributed by atoms with Crippen molar-refractivity contribution < 1.29 is 35.0 Å². The highest BCUT2D eigenvalue weighted by atomic mass is 16.5. The van der Waals surface area contributed by atoms with Crippen molar-refractivity contribution in [2.24, 2.45) is 0 Å². The number of aliphatic hydroxyl groups is 4. The van der Waals surface area contributed by atoms with Crippen molar-refractivity contribution in [1.29, 1.82) is 0 Å². The van der Waals surface area contributed by atoms with Crippen LogP contribution in [0.3, 0.4) is 0 Å². The van der Waals surface area contributed by atoms with E-state index in [0.717, 1.165) is 22.3 Å². The normalized spacial score (nSPS) is 26.2. The Hall–Kier alpha value is -2.68. The number of rotatable bonds is 5. The highest BCUT2D eigenvalue weighted by Crippen LogP contribution is 2.40. The van der Waals surface area contributed by atoms with Crippen molar-refractivity contribution in [2.45, 2.75) is 36.9 Å². The third kappa shape index (κ3) is 4.11. The zero-order valence-electron chi connectivity index (χ0n) is 17.0. The quantitative estimate of drug-likeness (QED) is 0.420. The van der Waals surface area contributed by atoms with E-state index in [2.05, 4.69) is 12.1 Å². The van der Waals surface area contributed by atoms with E-state index in [4.69, 9.17) is 9.47 Å². The lowest BCUT2D eigenvalue weighted by atomic mass is 9.89. The molecule has 0 bridgehead atoms. The van der Waals surface area contributed by atoms with Gasteiger partial charge < -0.3 is 35.0 Å². The predicted molar refractivity (Wildman–Crippen MR) is 113 cm³/mol. The number of methoxy groups -OCH3 is 1. The highest BCUT2D eigenvalue weighted by Gasteiger charge is 2.44. The standard InChI is InChI=1S/C24H26O7/c1-30-19-11-18(26)17(24-23(29)22(28)21(27)20(12-25)31-24)10-16(19)9-13-7-14-5-3-2-4-6-15(14)8-13/h2-8,10-11,20-29H,9,12H2,1H3/t20-,21-,22+,23-,24+/m1/s1. The molecule has 0 spiro atoms. The molecule has 0 aromatic heterocycles. The number of benzene rings is 1. The molecule has 1 aliphatic heterocycles. The van der Waals surface area contributed by atoms with Gasteiger partial charge in [-0.2, -0.15) is 0 Å². The summed E-state index contributed by atoms with van der Waals surface area (Å²) in [6, 6.07) is 17.3. The van der Waals surface area contributed by atoms with E-state index in [1.54, 1.807) is 6.07 Å². The maximum atomic E-state index is 10.6. The van der Waals surface area contributed by atoms with Gasteiger partial charge in [-0.1, -0.05) is 42.5 Å². The van der Waals surface area contributed by atoms with Crippen LogP contribution in [0.2, 0.25) is 0 Å². The molecule has 2 aliphatic carbocycles. The average molecular weight is 426 g/mol. The number of phenols is 1. The summed E-state index contributed by atoms with van der Waals surface area (Å²) in [4.78, 5) is 0. The third-order valence-electron chi connectivity index (χ3n) is 5.81. The van der Waals surface area contributed by atoms with Gasteiger partial charge in [0.15, 0.2) is 0 Å². The first-order valence-electron chi connectivity index (χ1n) is 10.1. The van der Waals surface area contributed by atoms with E-state index in [0.29, 0.717) is 12.2 Å². The van der Waals surface area contributed by atoms with Gasteiger partial charge in [-0.25, -0.2) is 0 Å². The van der Waals surface area contributed by atoms with Gasteiger partial charge in [0.05, 0.1) is 13.7 Å². The van der Waals surface area contributed by atoms with Crippen LogP contribution in [-0.4, -0.2) is 63.7 Å². The molecule has 0 radical (unpaired) electrons. The summed E-state index contributed by atoms with van der Waals surface area (Å²) in [5.41, 5.74) is 4.26. The first-order chi connectivity index (χ1) is 14.9. The fourth-order valence-corrected chi connectivity index (χ4v) is 4.15. The van der Waals surface area contributed by atoms with Crippen molar-refractivity contribution >= 4 is 0 Å². The van der Waals surface area contributed by atoms with Crippen molar-refractivity contribution in [3.8, 4) is 22.6 Å². The molecular weight excluding hydrogens is 400 g/mol. The van der Waals surface area contributed by atoms with E-state index >= 15 is 0 Å². The van der Waals surface area contributed by atoms with Crippen LogP contribution >= 0.6 is 0 Å². The molecule has 164 valence electrons. The molecule has 1 heterocycles. The van der Waals surface area contributed by atoms with Gasteiger partial charge in [-0.05, 0) is 28.3 Å². The molecule has 1 aromatic carbocycles. The Morgan fingerprint density at radius 1 is 0.903 bits per heavy atom. The minimum Gasteiger partial charge on any atom is -0.507 e. The maximum absolute atomic E-state index is 10.6. The van der Waals surface area contributed by atoms with Crippen LogP contribution in [0.25, 0.3) is 11.1 Å². The lowest BCUT2D eigenvalue weighted by Gasteiger charge is -2.40. The van der Waals surface area contributed by atoms with Crippen LogP contribution in [0.15, 0.2) is 54.6 Å². The second-order valence-corrected chi connectivity index (χ2v) is 7.83. The zero-order chi connectivity index (χ0) is 22.1. The van der Waals surface area contributed by atoms with Crippen LogP contribution in [0.1, 0.15) is 22.8 Å². The molecule has 1 saturated heterocycles. The molecule has 5 atom stereocenters. The molecule has 7 heteroatoms. The summed E-state index contributed by atoms with van der Waals surface area (Å²) in [6.07, 6.45) is -6.15. The van der Waals surface area contributed by atoms with Gasteiger partial charge in [-0.3, -0.25) is 0 Å². The Balaban J connectivity index is 1.71. The second-order valence-electron chi connectivity index (χ2n) is 7.83. The average Bonchev–Trinajstić information content (AvgIpc) is 3.01. The highest BCUT2D eigenvalue weighted by molar-refractivity contribution is 5.68. The van der Waals surface area contributed by atoms with Crippen molar-refractivity contribution in [1.82, 2.24) is 0 Å². The van der Waals surface area contributed by atoms with Crippen LogP contribution in [0, 0.1) is 0 Å². The van der Waals surface area contributed by atoms with Gasteiger partial charge in [0, 0.05) is 18.1 Å². The number of ether oxygens (including phenoxy) is 2. The van der Waals surface area contributed by atoms with E-state index in [1.165, 1.54) is 13.2 Å². The van der Waals surface area contributed by atoms with Gasteiger partial charge in [-0.15, -0.1) is 0 Å². The van der Waals surface area contributed by atoms with Crippen molar-refractivity contribution in [2.75, 3.05) is 13.7 Å². The molecule has 1 fully saturated rings. The first kappa shape index (κ1) is 21.5. The van der Waals surface area contributed by atoms with Gasteiger partial charge in [0.2, 0.25) is 0 Å². The van der Waals surface area contributed by atoms with Gasteiger partial charge in [0.25, 0.3) is 0 Å². The SMILES string of the molecule is COc1cc(O)c([C@@H]2O[C@H](CO)[C@@H](O)[C@H](O)[C@H]2O)cc1Cc1cc2cccccc-2c1. The minimum atomic E-state index is -1.53. The van der Waals surface area contributed by atoms with Crippen molar-refractivity contribution in [3.05, 3.63) is 71.3 Å². The molecule has 31 heavy (non-hydrogen) atoms. The van der Waals surface area contributed by atoms with E-state index in [-0.39, 0.29) is 11.3 Å². The molecule has 0 amide bonds. The summed E-state index contributed by atoms with van der Waals surface area (Å²) < 4.78 is 11.1. The number of aromatic hydroxyl groups is 1. The largest absolute Gasteiger partial charge is 0.507 e. The molecule has 3 aliphatic rings. The number of fused-ring (bicyclic) bond motifs is 1. The van der Waals surface area contributed by atoms with E-state index < -0.39 is 37.1 Å². The summed E-state index contributed by atoms with van der Waals surface area (Å²) in [5.74, 6) is 0.297. The van der Waals surface area contributed by atoms with Crippen LogP contribution in [0.4, 0.5) is 0 Å². The van der Waals surface area contributed by atoms with Crippen LogP contribution < -0.4 is 4.74 Å². The lowest BCUT2D eigenvalue weighted by Crippen LogP contribution is -2.55. The Kier molecular flexibility index (Phi) is 6.13. The Labute approximate surface area is 180 Å². The topological polar surface area (TPSA) is 120 Å². The number of aliphatic hydroxyl groups excluding tert-OH is 4. The summed E-state index contributed by atoms with van der Waals surface area (Å²) in [7, 11) is 1.51. The number of phenolic OH excluding ortho intramolecular Hbond substituents is 1. The molecule has 5 N–H and O–H groups in total. The molecule has 0 unspecified atom stereocenters. The Morgan fingerprint density at radius 3 is 2.19 bits per heavy atom. The third-order valence-corrected chi connectivity index (χ3v) is 5.81. The summed E-state index contributed by atoms with van der Waals surface area (Å²) in [6.45, 7) is -0.539. The Bertz CT molecular complexity index is 988. The monoisotopic (exact) mass is 426 g/mol. The number of hydrogen-bond donors (Lipinski definition) is 5. The smallest absolute Gasteiger partial charge is 0.126 e. The molecule has 4 rings (SSSR count). The Morgan fingerprint density at radius 2 is 1.58 bits per heavy atom. The summed E-state index contributed by atoms with van der Waals surface area (Å²) >= 11 is 0. The summed E-state index contributed by atoms with van der Waals surface area (Å²) in [5, 5.41) is 50.6. The van der Waals surface area contributed by atoms with Crippen LogP contribution in [-0.2, 0) is 11.2 Å². The second kappa shape index (κ2) is 8.82. The number of hydrogen-bond acceptors (Lipinski definition) is 7. The fourth-order valence-electron chi connectivity index (χ4n) is 4.15. The molecule has 1 aromatic rings. The first-order valence-corrected chi connectivity index (χ1v) is 10.1. The zero-order valence-corrected chi connectivity index (χ0v) is 17.0.